The molecule has 0 bridgehead atoms. The minimum absolute atomic E-state index is 0.479. The third-order valence-electron chi connectivity index (χ3n) is 3.82. The van der Waals surface area contributed by atoms with Crippen LogP contribution in [0.2, 0.25) is 0 Å². The minimum Gasteiger partial charge on any atom is -0.309 e. The Morgan fingerprint density at radius 3 is 2.83 bits per heavy atom. The van der Waals surface area contributed by atoms with Crippen LogP contribution in [0.15, 0.2) is 18.3 Å². The van der Waals surface area contributed by atoms with Gasteiger partial charge in [-0.2, -0.15) is 0 Å². The number of aromatic nitrogens is 1. The van der Waals surface area contributed by atoms with Crippen LogP contribution in [0, 0.1) is 0 Å². The summed E-state index contributed by atoms with van der Waals surface area (Å²) in [6.07, 6.45) is 4.53. The highest BCUT2D eigenvalue weighted by Gasteiger charge is 2.17. The van der Waals surface area contributed by atoms with Crippen LogP contribution < -0.4 is 10.6 Å². The average molecular weight is 245 g/mol. The first-order valence-electron chi connectivity index (χ1n) is 6.96. The van der Waals surface area contributed by atoms with E-state index in [1.807, 2.05) is 6.20 Å². The van der Waals surface area contributed by atoms with E-state index in [9.17, 15) is 0 Å². The fourth-order valence-electron chi connectivity index (χ4n) is 2.74. The minimum atomic E-state index is 0.479. The summed E-state index contributed by atoms with van der Waals surface area (Å²) in [7, 11) is 0. The van der Waals surface area contributed by atoms with Crippen LogP contribution in [-0.4, -0.2) is 42.6 Å². The molecule has 4 nitrogen and oxygen atoms in total. The van der Waals surface area contributed by atoms with E-state index in [0.29, 0.717) is 6.04 Å². The summed E-state index contributed by atoms with van der Waals surface area (Å²) in [6, 6.07) is 4.90. The van der Waals surface area contributed by atoms with Crippen LogP contribution in [0.25, 0.3) is 0 Å². The number of piperazine rings is 1. The molecule has 2 saturated heterocycles. The van der Waals surface area contributed by atoms with Gasteiger partial charge in [0.15, 0.2) is 0 Å². The van der Waals surface area contributed by atoms with Gasteiger partial charge < -0.3 is 5.32 Å². The van der Waals surface area contributed by atoms with Gasteiger partial charge in [-0.1, -0.05) is 6.07 Å². The quantitative estimate of drug-likeness (QED) is 0.861. The van der Waals surface area contributed by atoms with E-state index in [-0.39, 0.29) is 0 Å². The molecule has 1 unspecified atom stereocenters. The Labute approximate surface area is 109 Å². The summed E-state index contributed by atoms with van der Waals surface area (Å²) in [5.41, 5.74) is 2.52. The third kappa shape index (κ3) is 2.88. The van der Waals surface area contributed by atoms with E-state index in [2.05, 4.69) is 32.7 Å². The van der Waals surface area contributed by atoms with Crippen LogP contribution in [0.5, 0.6) is 0 Å². The molecule has 4 heteroatoms. The molecule has 2 aliphatic rings. The maximum atomic E-state index is 4.61. The molecule has 0 aliphatic carbocycles. The first kappa shape index (κ1) is 12.1. The number of pyridine rings is 1. The topological polar surface area (TPSA) is 42.3 Å². The normalized spacial score (nSPS) is 25.4. The highest BCUT2D eigenvalue weighted by Crippen LogP contribution is 2.21. The Hall–Kier alpha value is -0.970. The van der Waals surface area contributed by atoms with Gasteiger partial charge in [-0.05, 0) is 31.0 Å². The zero-order valence-electron chi connectivity index (χ0n) is 10.8. The Morgan fingerprint density at radius 2 is 2.17 bits per heavy atom. The lowest BCUT2D eigenvalue weighted by Gasteiger charge is -2.26. The van der Waals surface area contributed by atoms with Gasteiger partial charge in [0, 0.05) is 45.0 Å². The van der Waals surface area contributed by atoms with Gasteiger partial charge in [0.2, 0.25) is 0 Å². The lowest BCUT2D eigenvalue weighted by molar-refractivity contribution is 0.230. The molecule has 2 aliphatic heterocycles. The van der Waals surface area contributed by atoms with Crippen LogP contribution in [-0.2, 0) is 6.54 Å². The molecule has 1 atom stereocenters. The van der Waals surface area contributed by atoms with Crippen LogP contribution in [0.3, 0.4) is 0 Å². The predicted molar refractivity (Wildman–Crippen MR) is 71.4 cm³/mol. The summed E-state index contributed by atoms with van der Waals surface area (Å²) < 4.78 is 0. The van der Waals surface area contributed by atoms with E-state index in [1.54, 1.807) is 0 Å². The van der Waals surface area contributed by atoms with Gasteiger partial charge >= 0.3 is 0 Å². The number of hydrogen-bond acceptors (Lipinski definition) is 3. The molecule has 0 amide bonds. The summed E-state index contributed by atoms with van der Waals surface area (Å²) in [4.78, 5) is 7.07. The van der Waals surface area contributed by atoms with E-state index in [0.717, 1.165) is 39.3 Å². The average Bonchev–Trinajstić information content (AvgIpc) is 2.95. The molecule has 3 heterocycles. The predicted octanol–water partition coefficient (Wildman–Crippen LogP) is 0.926. The molecule has 0 spiro atoms. The Balaban J connectivity index is 1.59. The summed E-state index contributed by atoms with van der Waals surface area (Å²) in [5.74, 6) is 0. The molecule has 1 aromatic rings. The van der Waals surface area contributed by atoms with Gasteiger partial charge in [-0.25, -0.2) is 5.32 Å². The lowest BCUT2D eigenvalue weighted by atomic mass is 10.1. The maximum absolute atomic E-state index is 4.61. The number of nitrogens with one attached hydrogen (secondary N) is 1. The highest BCUT2D eigenvalue weighted by molar-refractivity contribution is 5.17. The van der Waals surface area contributed by atoms with Crippen molar-refractivity contribution in [2.75, 3.05) is 32.7 Å². The standard InChI is InChI=1S/C14H21N4/c1-2-13(16-5-1)14-4-3-12(10-17-14)11-18-8-6-15-7-9-18/h3-4,10,13,16H,1-2,5-9,11H2. The first-order chi connectivity index (χ1) is 8.92. The van der Waals surface area contributed by atoms with Gasteiger partial charge in [-0.15, -0.1) is 0 Å². The molecule has 97 valence electrons. The first-order valence-corrected chi connectivity index (χ1v) is 6.96. The zero-order valence-corrected chi connectivity index (χ0v) is 10.8. The second kappa shape index (κ2) is 5.78. The Morgan fingerprint density at radius 1 is 1.28 bits per heavy atom. The SMILES string of the molecule is c1cc(C2CCCN2)ncc1CN1CC[N]CC1. The number of hydrogen-bond donors (Lipinski definition) is 1. The molecule has 1 radical (unpaired) electrons. The van der Waals surface area contributed by atoms with E-state index < -0.39 is 0 Å². The third-order valence-corrected chi connectivity index (χ3v) is 3.82. The molecule has 2 fully saturated rings. The van der Waals surface area contributed by atoms with Crippen molar-refractivity contribution in [1.29, 1.82) is 0 Å². The number of rotatable bonds is 3. The van der Waals surface area contributed by atoms with Crippen LogP contribution in [0.4, 0.5) is 0 Å². The number of nitrogens with zero attached hydrogens (tertiary/aromatic N) is 3. The van der Waals surface area contributed by atoms with E-state index >= 15 is 0 Å². The van der Waals surface area contributed by atoms with Crippen molar-refractivity contribution in [2.45, 2.75) is 25.4 Å². The summed E-state index contributed by atoms with van der Waals surface area (Å²) in [5, 5.41) is 7.86. The second-order valence-electron chi connectivity index (χ2n) is 5.19. The van der Waals surface area contributed by atoms with Crippen molar-refractivity contribution >= 4 is 0 Å². The van der Waals surface area contributed by atoms with Crippen molar-refractivity contribution in [3.05, 3.63) is 29.6 Å². The Bertz CT molecular complexity index is 364. The molecule has 3 rings (SSSR count). The molecule has 1 N–H and O–H groups in total. The van der Waals surface area contributed by atoms with Crippen molar-refractivity contribution < 1.29 is 0 Å². The summed E-state index contributed by atoms with van der Waals surface area (Å²) in [6.45, 7) is 6.29. The largest absolute Gasteiger partial charge is 0.309 e. The van der Waals surface area contributed by atoms with Crippen molar-refractivity contribution in [3.63, 3.8) is 0 Å². The molecule has 0 aromatic carbocycles. The lowest BCUT2D eigenvalue weighted by Crippen LogP contribution is -2.39. The van der Waals surface area contributed by atoms with E-state index in [4.69, 9.17) is 0 Å². The van der Waals surface area contributed by atoms with Crippen LogP contribution in [0.1, 0.15) is 30.1 Å². The fraction of sp³-hybridized carbons (Fsp3) is 0.643. The fourth-order valence-corrected chi connectivity index (χ4v) is 2.74. The van der Waals surface area contributed by atoms with Crippen molar-refractivity contribution in [1.82, 2.24) is 20.5 Å². The smallest absolute Gasteiger partial charge is 0.0573 e. The van der Waals surface area contributed by atoms with E-state index in [1.165, 1.54) is 24.1 Å². The van der Waals surface area contributed by atoms with Crippen molar-refractivity contribution in [3.8, 4) is 0 Å². The second-order valence-corrected chi connectivity index (χ2v) is 5.19. The molecule has 1 aromatic heterocycles. The van der Waals surface area contributed by atoms with Gasteiger partial charge in [0.1, 0.15) is 0 Å². The Kier molecular flexibility index (Phi) is 3.88. The molecule has 18 heavy (non-hydrogen) atoms. The monoisotopic (exact) mass is 245 g/mol. The van der Waals surface area contributed by atoms with Crippen LogP contribution >= 0.6 is 0 Å². The molecular formula is C14H21N4. The van der Waals surface area contributed by atoms with Gasteiger partial charge in [0.05, 0.1) is 5.69 Å². The van der Waals surface area contributed by atoms with Gasteiger partial charge in [0.25, 0.3) is 0 Å². The molecule has 0 saturated carbocycles. The summed E-state index contributed by atoms with van der Waals surface area (Å²) >= 11 is 0. The maximum Gasteiger partial charge on any atom is 0.0573 e. The van der Waals surface area contributed by atoms with Crippen molar-refractivity contribution in [2.24, 2.45) is 0 Å². The zero-order chi connectivity index (χ0) is 12.2. The molecular weight excluding hydrogens is 224 g/mol. The van der Waals surface area contributed by atoms with Gasteiger partial charge in [-0.3, -0.25) is 9.88 Å². The highest BCUT2D eigenvalue weighted by atomic mass is 15.2.